The molecule has 1 heterocycles. The Bertz CT molecular complexity index is 379. The molecule has 0 aliphatic carbocycles. The van der Waals surface area contributed by atoms with Gasteiger partial charge in [0, 0.05) is 32.7 Å². The topological polar surface area (TPSA) is 92.8 Å². The van der Waals surface area contributed by atoms with Crippen molar-refractivity contribution in [1.82, 2.24) is 10.4 Å². The highest BCUT2D eigenvalue weighted by Crippen LogP contribution is 2.13. The summed E-state index contributed by atoms with van der Waals surface area (Å²) in [5.74, 6) is -1.23. The average molecular weight is 314 g/mol. The van der Waals surface area contributed by atoms with E-state index in [0.29, 0.717) is 17.9 Å². The van der Waals surface area contributed by atoms with Gasteiger partial charge in [-0.15, -0.1) is 5.06 Å². The number of hydrogen-bond donors (Lipinski definition) is 1. The second-order valence-corrected chi connectivity index (χ2v) is 4.93. The van der Waals surface area contributed by atoms with E-state index in [1.807, 2.05) is 6.92 Å². The van der Waals surface area contributed by atoms with Gasteiger partial charge in [-0.25, -0.2) is 4.79 Å². The van der Waals surface area contributed by atoms with Crippen LogP contribution >= 0.6 is 0 Å². The van der Waals surface area contributed by atoms with Gasteiger partial charge < -0.3 is 10.2 Å². The summed E-state index contributed by atoms with van der Waals surface area (Å²) in [4.78, 5) is 48.2. The van der Waals surface area contributed by atoms with Gasteiger partial charge >= 0.3 is 5.97 Å². The zero-order valence-corrected chi connectivity index (χ0v) is 13.6. The molecule has 0 unspecified atom stereocenters. The van der Waals surface area contributed by atoms with E-state index in [1.165, 1.54) is 0 Å². The van der Waals surface area contributed by atoms with Crippen LogP contribution in [-0.4, -0.2) is 35.8 Å². The molecule has 0 aromatic heterocycles. The first-order chi connectivity index (χ1) is 10.5. The first kappa shape index (κ1) is 20.1. The third-order valence-corrected chi connectivity index (χ3v) is 2.97. The lowest BCUT2D eigenvalue weighted by molar-refractivity contribution is -0.197. The molecule has 0 bridgehead atoms. The van der Waals surface area contributed by atoms with Crippen molar-refractivity contribution in [2.75, 3.05) is 7.05 Å². The van der Waals surface area contributed by atoms with Crippen molar-refractivity contribution in [3.8, 4) is 0 Å². The molecule has 126 valence electrons. The predicted octanol–water partition coefficient (Wildman–Crippen LogP) is 1.71. The van der Waals surface area contributed by atoms with Crippen molar-refractivity contribution < 1.29 is 24.0 Å². The van der Waals surface area contributed by atoms with Crippen LogP contribution in [-0.2, 0) is 24.0 Å². The van der Waals surface area contributed by atoms with Gasteiger partial charge in [0.05, 0.1) is 0 Å². The highest BCUT2D eigenvalue weighted by atomic mass is 16.7. The van der Waals surface area contributed by atoms with Crippen molar-refractivity contribution in [2.24, 2.45) is 0 Å². The lowest BCUT2D eigenvalue weighted by Crippen LogP contribution is -2.31. The molecule has 1 fully saturated rings. The molecule has 0 saturated carbocycles. The molecule has 1 aliphatic heterocycles. The Labute approximate surface area is 131 Å². The summed E-state index contributed by atoms with van der Waals surface area (Å²) >= 11 is 0. The number of amides is 3. The van der Waals surface area contributed by atoms with E-state index in [1.54, 1.807) is 7.05 Å². The molecule has 0 radical (unpaired) electrons. The van der Waals surface area contributed by atoms with Gasteiger partial charge in [-0.1, -0.05) is 26.7 Å². The van der Waals surface area contributed by atoms with Crippen molar-refractivity contribution in [3.63, 3.8) is 0 Å². The SMILES string of the molecule is CCCCC(=O)NC.CCCCC(=O)ON1C(=O)CCC1=O. The van der Waals surface area contributed by atoms with Crippen molar-refractivity contribution >= 4 is 23.7 Å². The van der Waals surface area contributed by atoms with Gasteiger partial charge in [-0.2, -0.15) is 0 Å². The molecule has 0 aromatic rings. The zero-order valence-electron chi connectivity index (χ0n) is 13.6. The first-order valence-corrected chi connectivity index (χ1v) is 7.73. The summed E-state index contributed by atoms with van der Waals surface area (Å²) in [5.41, 5.74) is 0. The monoisotopic (exact) mass is 314 g/mol. The number of imide groups is 1. The third-order valence-electron chi connectivity index (χ3n) is 2.97. The second-order valence-electron chi connectivity index (χ2n) is 4.93. The van der Waals surface area contributed by atoms with E-state index < -0.39 is 17.8 Å². The van der Waals surface area contributed by atoms with Gasteiger partial charge in [0.2, 0.25) is 5.91 Å². The van der Waals surface area contributed by atoms with E-state index in [0.717, 1.165) is 19.3 Å². The Hall–Kier alpha value is -1.92. The van der Waals surface area contributed by atoms with Crippen LogP contribution in [0, 0.1) is 0 Å². The number of nitrogens with zero attached hydrogens (tertiary/aromatic N) is 1. The third kappa shape index (κ3) is 8.39. The van der Waals surface area contributed by atoms with Crippen molar-refractivity contribution in [3.05, 3.63) is 0 Å². The van der Waals surface area contributed by atoms with Gasteiger partial charge in [0.1, 0.15) is 0 Å². The van der Waals surface area contributed by atoms with Gasteiger partial charge in [0.15, 0.2) is 0 Å². The van der Waals surface area contributed by atoms with Crippen LogP contribution in [0.4, 0.5) is 0 Å². The normalized spacial score (nSPS) is 13.5. The lowest BCUT2D eigenvalue weighted by atomic mass is 10.2. The van der Waals surface area contributed by atoms with Crippen LogP contribution in [0.2, 0.25) is 0 Å². The van der Waals surface area contributed by atoms with Crippen LogP contribution in [0.3, 0.4) is 0 Å². The number of nitrogens with one attached hydrogen (secondary N) is 1. The first-order valence-electron chi connectivity index (χ1n) is 7.73. The fraction of sp³-hybridized carbons (Fsp3) is 0.733. The van der Waals surface area contributed by atoms with Crippen LogP contribution < -0.4 is 5.32 Å². The quantitative estimate of drug-likeness (QED) is 0.722. The van der Waals surface area contributed by atoms with Crippen LogP contribution in [0.25, 0.3) is 0 Å². The second kappa shape index (κ2) is 11.7. The molecule has 0 spiro atoms. The molecule has 7 heteroatoms. The summed E-state index contributed by atoms with van der Waals surface area (Å²) in [6, 6.07) is 0. The van der Waals surface area contributed by atoms with E-state index in [2.05, 4.69) is 17.1 Å². The Balaban J connectivity index is 0.000000472. The summed E-state index contributed by atoms with van der Waals surface area (Å²) < 4.78 is 0. The maximum absolute atomic E-state index is 11.1. The molecule has 3 amide bonds. The molecule has 22 heavy (non-hydrogen) atoms. The minimum atomic E-state index is -0.518. The fourth-order valence-corrected chi connectivity index (χ4v) is 1.59. The van der Waals surface area contributed by atoms with E-state index >= 15 is 0 Å². The Morgan fingerprint density at radius 2 is 1.55 bits per heavy atom. The smallest absolute Gasteiger partial charge is 0.333 e. The van der Waals surface area contributed by atoms with E-state index in [9.17, 15) is 19.2 Å². The van der Waals surface area contributed by atoms with Gasteiger partial charge in [-0.3, -0.25) is 14.4 Å². The number of hydroxylamine groups is 2. The van der Waals surface area contributed by atoms with Gasteiger partial charge in [-0.05, 0) is 12.8 Å². The maximum atomic E-state index is 11.1. The predicted molar refractivity (Wildman–Crippen MR) is 80.3 cm³/mol. The van der Waals surface area contributed by atoms with Crippen LogP contribution in [0.15, 0.2) is 0 Å². The number of carbonyl (C=O) groups excluding carboxylic acids is 4. The molecule has 1 saturated heterocycles. The molecular formula is C15H26N2O5. The molecular weight excluding hydrogens is 288 g/mol. The summed E-state index contributed by atoms with van der Waals surface area (Å²) in [7, 11) is 1.66. The highest BCUT2D eigenvalue weighted by molar-refractivity contribution is 6.01. The zero-order chi connectivity index (χ0) is 17.0. The standard InChI is InChI=1S/C9H13NO4.C6H13NO/c1-2-3-4-9(13)14-10-7(11)5-6-8(10)12;1-3-4-5-6(8)7-2/h2-6H2,1H3;3-5H2,1-2H3,(H,7,8). The molecule has 1 N–H and O–H groups in total. The molecule has 1 rings (SSSR count). The number of rotatable bonds is 7. The van der Waals surface area contributed by atoms with Crippen LogP contribution in [0.1, 0.15) is 65.2 Å². The molecule has 0 atom stereocenters. The van der Waals surface area contributed by atoms with Crippen molar-refractivity contribution in [2.45, 2.75) is 65.2 Å². The minimum Gasteiger partial charge on any atom is -0.359 e. The number of carbonyl (C=O) groups is 4. The summed E-state index contributed by atoms with van der Waals surface area (Å²) in [6.45, 7) is 4.02. The van der Waals surface area contributed by atoms with Gasteiger partial charge in [0.25, 0.3) is 11.8 Å². The molecule has 1 aliphatic rings. The summed E-state index contributed by atoms with van der Waals surface area (Å²) in [5, 5.41) is 3.14. The van der Waals surface area contributed by atoms with Crippen LogP contribution in [0.5, 0.6) is 0 Å². The Morgan fingerprint density at radius 3 is 2.00 bits per heavy atom. The lowest BCUT2D eigenvalue weighted by Gasteiger charge is -2.11. The minimum absolute atomic E-state index is 0.139. The summed E-state index contributed by atoms with van der Waals surface area (Å²) in [6.07, 6.45) is 4.86. The van der Waals surface area contributed by atoms with Crippen molar-refractivity contribution in [1.29, 1.82) is 0 Å². The Morgan fingerprint density at radius 1 is 1.05 bits per heavy atom. The average Bonchev–Trinajstić information content (AvgIpc) is 2.83. The number of hydrogen-bond acceptors (Lipinski definition) is 5. The van der Waals surface area contributed by atoms with E-state index in [-0.39, 0.29) is 25.2 Å². The largest absolute Gasteiger partial charge is 0.359 e. The molecule has 7 nitrogen and oxygen atoms in total. The maximum Gasteiger partial charge on any atom is 0.333 e. The number of unbranched alkanes of at least 4 members (excludes halogenated alkanes) is 2. The highest BCUT2D eigenvalue weighted by Gasteiger charge is 2.32. The fourth-order valence-electron chi connectivity index (χ4n) is 1.59. The van der Waals surface area contributed by atoms with E-state index in [4.69, 9.17) is 0 Å². The molecule has 0 aromatic carbocycles. The Kier molecular flexibility index (Phi) is 10.7.